The average Bonchev–Trinajstić information content (AvgIpc) is 2.76. The van der Waals surface area contributed by atoms with Gasteiger partial charge < -0.3 is 15.7 Å². The van der Waals surface area contributed by atoms with Crippen molar-refractivity contribution in [2.45, 2.75) is 32.4 Å². The first-order chi connectivity index (χ1) is 7.77. The van der Waals surface area contributed by atoms with Gasteiger partial charge in [-0.05, 0) is 31.4 Å². The Morgan fingerprint density at radius 1 is 1.62 bits per heavy atom. The van der Waals surface area contributed by atoms with Crippen molar-refractivity contribution in [3.05, 3.63) is 23.4 Å². The van der Waals surface area contributed by atoms with Crippen LogP contribution in [0.25, 0.3) is 0 Å². The van der Waals surface area contributed by atoms with Crippen molar-refractivity contribution in [2.24, 2.45) is 5.73 Å². The van der Waals surface area contributed by atoms with Gasteiger partial charge in [0.05, 0.1) is 12.6 Å². The summed E-state index contributed by atoms with van der Waals surface area (Å²) in [7, 11) is 0. The summed E-state index contributed by atoms with van der Waals surface area (Å²) in [5, 5.41) is 9.33. The van der Waals surface area contributed by atoms with Crippen LogP contribution < -0.4 is 10.6 Å². The molecule has 1 fully saturated rings. The Morgan fingerprint density at radius 3 is 3.12 bits per heavy atom. The molecule has 2 heterocycles. The summed E-state index contributed by atoms with van der Waals surface area (Å²) in [6, 6.07) is 2.19. The molecule has 4 heteroatoms. The first kappa shape index (κ1) is 11.4. The van der Waals surface area contributed by atoms with Crippen molar-refractivity contribution >= 4 is 5.82 Å². The molecule has 0 saturated carbocycles. The molecule has 2 rings (SSSR count). The lowest BCUT2D eigenvalue weighted by atomic mass is 10.1. The molecule has 0 bridgehead atoms. The topological polar surface area (TPSA) is 62.4 Å². The molecule has 1 aliphatic heterocycles. The van der Waals surface area contributed by atoms with Gasteiger partial charge in [0.2, 0.25) is 0 Å². The molecule has 1 aromatic rings. The third-order valence-corrected chi connectivity index (χ3v) is 3.33. The van der Waals surface area contributed by atoms with E-state index >= 15 is 0 Å². The van der Waals surface area contributed by atoms with Gasteiger partial charge in [-0.2, -0.15) is 0 Å². The minimum atomic E-state index is 0.194. The van der Waals surface area contributed by atoms with E-state index in [2.05, 4.69) is 16.8 Å². The number of nitrogens with two attached hydrogens (primary N) is 1. The predicted molar refractivity (Wildman–Crippen MR) is 64.3 cm³/mol. The zero-order valence-corrected chi connectivity index (χ0v) is 9.69. The van der Waals surface area contributed by atoms with Gasteiger partial charge in [0.1, 0.15) is 5.82 Å². The normalized spacial score (nSPS) is 20.4. The first-order valence-electron chi connectivity index (χ1n) is 5.80. The van der Waals surface area contributed by atoms with Crippen LogP contribution in [0.15, 0.2) is 12.3 Å². The van der Waals surface area contributed by atoms with E-state index in [0.717, 1.165) is 30.8 Å². The summed E-state index contributed by atoms with van der Waals surface area (Å²) in [5.41, 5.74) is 8.05. The number of nitrogens with zero attached hydrogens (tertiary/aromatic N) is 2. The highest BCUT2D eigenvalue weighted by molar-refractivity contribution is 5.51. The van der Waals surface area contributed by atoms with Gasteiger partial charge in [0.15, 0.2) is 0 Å². The van der Waals surface area contributed by atoms with Gasteiger partial charge in [0, 0.05) is 24.8 Å². The fourth-order valence-electron chi connectivity index (χ4n) is 2.38. The number of pyridine rings is 1. The van der Waals surface area contributed by atoms with Gasteiger partial charge in [-0.1, -0.05) is 0 Å². The lowest BCUT2D eigenvalue weighted by Gasteiger charge is -2.26. The minimum Gasteiger partial charge on any atom is -0.394 e. The van der Waals surface area contributed by atoms with E-state index in [0.29, 0.717) is 6.54 Å². The molecular weight excluding hydrogens is 202 g/mol. The van der Waals surface area contributed by atoms with Crippen molar-refractivity contribution in [1.29, 1.82) is 0 Å². The molecule has 1 saturated heterocycles. The van der Waals surface area contributed by atoms with E-state index in [1.54, 1.807) is 0 Å². The SMILES string of the molecule is Cc1ccnc(N2CCCC2CO)c1CN. The lowest BCUT2D eigenvalue weighted by Crippen LogP contribution is -2.34. The van der Waals surface area contributed by atoms with E-state index in [1.807, 2.05) is 12.3 Å². The number of anilines is 1. The smallest absolute Gasteiger partial charge is 0.133 e. The van der Waals surface area contributed by atoms with Crippen LogP contribution in [0.3, 0.4) is 0 Å². The van der Waals surface area contributed by atoms with E-state index in [1.165, 1.54) is 5.56 Å². The van der Waals surface area contributed by atoms with Crippen molar-refractivity contribution in [3.63, 3.8) is 0 Å². The zero-order valence-electron chi connectivity index (χ0n) is 9.69. The summed E-state index contributed by atoms with van der Waals surface area (Å²) < 4.78 is 0. The Balaban J connectivity index is 2.35. The standard InChI is InChI=1S/C12H19N3O/c1-9-4-5-14-12(11(9)7-13)15-6-2-3-10(15)8-16/h4-5,10,16H,2-3,6-8,13H2,1H3. The first-order valence-corrected chi connectivity index (χ1v) is 5.80. The maximum atomic E-state index is 9.33. The second kappa shape index (κ2) is 4.80. The number of rotatable bonds is 3. The number of hydrogen-bond acceptors (Lipinski definition) is 4. The fraction of sp³-hybridized carbons (Fsp3) is 0.583. The molecule has 16 heavy (non-hydrogen) atoms. The molecule has 0 spiro atoms. The Hall–Kier alpha value is -1.13. The molecule has 0 aromatic carbocycles. The van der Waals surface area contributed by atoms with Gasteiger partial charge in [-0.25, -0.2) is 4.98 Å². The molecule has 1 aliphatic rings. The van der Waals surface area contributed by atoms with E-state index in [4.69, 9.17) is 5.73 Å². The highest BCUT2D eigenvalue weighted by Crippen LogP contribution is 2.27. The van der Waals surface area contributed by atoms with Crippen LogP contribution in [0, 0.1) is 6.92 Å². The van der Waals surface area contributed by atoms with Gasteiger partial charge in [0.25, 0.3) is 0 Å². The predicted octanol–water partition coefficient (Wildman–Crippen LogP) is 0.810. The van der Waals surface area contributed by atoms with Crippen LogP contribution in [0.1, 0.15) is 24.0 Å². The molecule has 1 atom stereocenters. The molecule has 1 aromatic heterocycles. The molecule has 4 nitrogen and oxygen atoms in total. The second-order valence-corrected chi connectivity index (χ2v) is 4.31. The van der Waals surface area contributed by atoms with E-state index in [9.17, 15) is 5.11 Å². The number of aliphatic hydroxyl groups excluding tert-OH is 1. The number of aliphatic hydroxyl groups is 1. The summed E-state index contributed by atoms with van der Waals surface area (Å²) in [6.07, 6.45) is 3.97. The van der Waals surface area contributed by atoms with Crippen LogP contribution in [-0.2, 0) is 6.54 Å². The van der Waals surface area contributed by atoms with Crippen LogP contribution >= 0.6 is 0 Å². The largest absolute Gasteiger partial charge is 0.394 e. The highest BCUT2D eigenvalue weighted by Gasteiger charge is 2.26. The molecule has 88 valence electrons. The third-order valence-electron chi connectivity index (χ3n) is 3.33. The molecule has 0 radical (unpaired) electrons. The van der Waals surface area contributed by atoms with Crippen LogP contribution in [0.2, 0.25) is 0 Å². The number of hydrogen-bond donors (Lipinski definition) is 2. The minimum absolute atomic E-state index is 0.194. The van der Waals surface area contributed by atoms with Crippen molar-refractivity contribution in [2.75, 3.05) is 18.1 Å². The van der Waals surface area contributed by atoms with Crippen molar-refractivity contribution in [3.8, 4) is 0 Å². The van der Waals surface area contributed by atoms with Crippen molar-refractivity contribution in [1.82, 2.24) is 4.98 Å². The Labute approximate surface area is 96.1 Å². The molecular formula is C12H19N3O. The quantitative estimate of drug-likeness (QED) is 0.793. The molecule has 0 amide bonds. The van der Waals surface area contributed by atoms with Gasteiger partial charge in [-0.3, -0.25) is 0 Å². The van der Waals surface area contributed by atoms with Crippen LogP contribution in [-0.4, -0.2) is 29.3 Å². The van der Waals surface area contributed by atoms with Crippen LogP contribution in [0.5, 0.6) is 0 Å². The lowest BCUT2D eigenvalue weighted by molar-refractivity contribution is 0.266. The van der Waals surface area contributed by atoms with Crippen LogP contribution in [0.4, 0.5) is 5.82 Å². The monoisotopic (exact) mass is 221 g/mol. The molecule has 0 aliphatic carbocycles. The molecule has 1 unspecified atom stereocenters. The summed E-state index contributed by atoms with van der Waals surface area (Å²) in [5.74, 6) is 0.957. The number of aryl methyl sites for hydroxylation is 1. The average molecular weight is 221 g/mol. The highest BCUT2D eigenvalue weighted by atomic mass is 16.3. The third kappa shape index (κ3) is 1.90. The summed E-state index contributed by atoms with van der Waals surface area (Å²) >= 11 is 0. The van der Waals surface area contributed by atoms with E-state index in [-0.39, 0.29) is 12.6 Å². The van der Waals surface area contributed by atoms with Crippen molar-refractivity contribution < 1.29 is 5.11 Å². The number of aromatic nitrogens is 1. The second-order valence-electron chi connectivity index (χ2n) is 4.31. The van der Waals surface area contributed by atoms with Gasteiger partial charge >= 0.3 is 0 Å². The van der Waals surface area contributed by atoms with Gasteiger partial charge in [-0.15, -0.1) is 0 Å². The Morgan fingerprint density at radius 2 is 2.44 bits per heavy atom. The summed E-state index contributed by atoms with van der Waals surface area (Å²) in [6.45, 7) is 3.72. The maximum absolute atomic E-state index is 9.33. The Kier molecular flexibility index (Phi) is 3.41. The summed E-state index contributed by atoms with van der Waals surface area (Å²) in [4.78, 5) is 6.62. The maximum Gasteiger partial charge on any atom is 0.133 e. The Bertz CT molecular complexity index is 367. The van der Waals surface area contributed by atoms with E-state index < -0.39 is 0 Å². The molecule has 3 N–H and O–H groups in total. The fourth-order valence-corrected chi connectivity index (χ4v) is 2.38. The zero-order chi connectivity index (χ0) is 11.5.